The molecular weight excluding hydrogens is 377 g/mol. The molecule has 0 heterocycles. The van der Waals surface area contributed by atoms with Crippen molar-refractivity contribution in [2.75, 3.05) is 5.32 Å². The molecule has 0 aromatic heterocycles. The number of hydrogen-bond acceptors (Lipinski definition) is 3. The summed E-state index contributed by atoms with van der Waals surface area (Å²) in [5.74, 6) is 0. The van der Waals surface area contributed by atoms with Crippen LogP contribution in [0, 0.1) is 0 Å². The minimum Gasteiger partial charge on any atom is -0.358 e. The van der Waals surface area contributed by atoms with Crippen molar-refractivity contribution in [3.8, 4) is 0 Å². The molecule has 2 aromatic carbocycles. The van der Waals surface area contributed by atoms with Gasteiger partial charge in [-0.25, -0.2) is 13.6 Å². The van der Waals surface area contributed by atoms with E-state index in [9.17, 15) is 8.42 Å². The number of primary sulfonamides is 1. The Balaban J connectivity index is 1.94. The van der Waals surface area contributed by atoms with Crippen molar-refractivity contribution in [3.63, 3.8) is 0 Å². The van der Waals surface area contributed by atoms with Crippen molar-refractivity contribution >= 4 is 56.2 Å². The van der Waals surface area contributed by atoms with Crippen LogP contribution in [0.5, 0.6) is 0 Å². The van der Waals surface area contributed by atoms with Gasteiger partial charge in [0.1, 0.15) is 0 Å². The highest BCUT2D eigenvalue weighted by Gasteiger charge is 2.07. The molecule has 0 atom stereocenters. The molecule has 0 aliphatic heterocycles. The van der Waals surface area contributed by atoms with E-state index in [1.807, 2.05) is 0 Å². The predicted molar refractivity (Wildman–Crippen MR) is 97.3 cm³/mol. The Kier molecular flexibility index (Phi) is 5.83. The number of nitrogens with two attached hydrogens (primary N) is 1. The van der Waals surface area contributed by atoms with E-state index < -0.39 is 10.0 Å². The van der Waals surface area contributed by atoms with Gasteiger partial charge in [-0.2, -0.15) is 0 Å². The largest absolute Gasteiger partial charge is 0.358 e. The molecular formula is C14H13Cl2N3O2S2. The molecule has 0 unspecified atom stereocenters. The molecule has 0 saturated heterocycles. The average Bonchev–Trinajstić information content (AvgIpc) is 2.47. The zero-order valence-electron chi connectivity index (χ0n) is 11.7. The van der Waals surface area contributed by atoms with Gasteiger partial charge in [-0.05, 0) is 48.1 Å². The number of thiocarbonyl (C=S) groups is 1. The van der Waals surface area contributed by atoms with Gasteiger partial charge in [-0.1, -0.05) is 35.3 Å². The van der Waals surface area contributed by atoms with Crippen molar-refractivity contribution in [1.82, 2.24) is 5.32 Å². The topological polar surface area (TPSA) is 84.2 Å². The van der Waals surface area contributed by atoms with Gasteiger partial charge in [0.15, 0.2) is 5.11 Å². The summed E-state index contributed by atoms with van der Waals surface area (Å²) in [6, 6.07) is 11.2. The van der Waals surface area contributed by atoms with Gasteiger partial charge in [0, 0.05) is 11.6 Å². The van der Waals surface area contributed by atoms with Gasteiger partial charge in [0.2, 0.25) is 10.0 Å². The Labute approximate surface area is 149 Å². The maximum Gasteiger partial charge on any atom is 0.238 e. The van der Waals surface area contributed by atoms with Crippen molar-refractivity contribution < 1.29 is 8.42 Å². The maximum absolute atomic E-state index is 11.2. The van der Waals surface area contributed by atoms with Crippen LogP contribution in [0.4, 0.5) is 5.69 Å². The van der Waals surface area contributed by atoms with E-state index in [2.05, 4.69) is 10.6 Å². The second-order valence-electron chi connectivity index (χ2n) is 4.62. The summed E-state index contributed by atoms with van der Waals surface area (Å²) >= 11 is 17.1. The zero-order valence-corrected chi connectivity index (χ0v) is 14.9. The Hall–Kier alpha value is -1.38. The van der Waals surface area contributed by atoms with Crippen LogP contribution >= 0.6 is 35.4 Å². The van der Waals surface area contributed by atoms with E-state index in [0.717, 1.165) is 5.56 Å². The van der Waals surface area contributed by atoms with Gasteiger partial charge in [0.05, 0.1) is 15.6 Å². The molecule has 122 valence electrons. The minimum atomic E-state index is -3.68. The van der Waals surface area contributed by atoms with Gasteiger partial charge in [-0.3, -0.25) is 0 Å². The Morgan fingerprint density at radius 2 is 1.78 bits per heavy atom. The number of sulfonamides is 1. The summed E-state index contributed by atoms with van der Waals surface area (Å²) in [5.41, 5.74) is 1.49. The predicted octanol–water partition coefficient (Wildman–Crippen LogP) is 3.13. The average molecular weight is 390 g/mol. The SMILES string of the molecule is NS(=O)(=O)c1ccc(CNC(=S)Nc2ccc(Cl)cc2Cl)cc1. The van der Waals surface area contributed by atoms with Crippen molar-refractivity contribution in [2.45, 2.75) is 11.4 Å². The van der Waals surface area contributed by atoms with E-state index in [4.69, 9.17) is 40.6 Å². The quantitative estimate of drug-likeness (QED) is 0.699. The number of hydrogen-bond donors (Lipinski definition) is 3. The van der Waals surface area contributed by atoms with E-state index in [-0.39, 0.29) is 4.90 Å². The lowest BCUT2D eigenvalue weighted by atomic mass is 10.2. The fraction of sp³-hybridized carbons (Fsp3) is 0.0714. The summed E-state index contributed by atoms with van der Waals surface area (Å²) in [5, 5.41) is 12.4. The molecule has 0 bridgehead atoms. The number of anilines is 1. The second-order valence-corrected chi connectivity index (χ2v) is 7.43. The lowest BCUT2D eigenvalue weighted by Gasteiger charge is -2.12. The molecule has 5 nitrogen and oxygen atoms in total. The number of halogens is 2. The molecule has 0 saturated carbocycles. The Morgan fingerprint density at radius 3 is 2.35 bits per heavy atom. The summed E-state index contributed by atoms with van der Waals surface area (Å²) in [6.45, 7) is 0.419. The smallest absolute Gasteiger partial charge is 0.238 e. The van der Waals surface area contributed by atoms with Crippen molar-refractivity contribution in [1.29, 1.82) is 0 Å². The second kappa shape index (κ2) is 7.46. The first kappa shape index (κ1) is 18.0. The van der Waals surface area contributed by atoms with Crippen LogP contribution in [0.2, 0.25) is 10.0 Å². The lowest BCUT2D eigenvalue weighted by Crippen LogP contribution is -2.28. The van der Waals surface area contributed by atoms with Crippen LogP contribution in [0.15, 0.2) is 47.4 Å². The molecule has 2 rings (SSSR count). The van der Waals surface area contributed by atoms with Crippen LogP contribution in [0.25, 0.3) is 0 Å². The first-order chi connectivity index (χ1) is 10.8. The summed E-state index contributed by atoms with van der Waals surface area (Å²) in [7, 11) is -3.68. The minimum absolute atomic E-state index is 0.0647. The molecule has 23 heavy (non-hydrogen) atoms. The van der Waals surface area contributed by atoms with E-state index in [0.29, 0.717) is 27.4 Å². The van der Waals surface area contributed by atoms with E-state index in [1.165, 1.54) is 12.1 Å². The molecule has 2 aromatic rings. The van der Waals surface area contributed by atoms with E-state index in [1.54, 1.807) is 30.3 Å². The summed E-state index contributed by atoms with van der Waals surface area (Å²) in [6.07, 6.45) is 0. The highest BCUT2D eigenvalue weighted by Crippen LogP contribution is 2.25. The van der Waals surface area contributed by atoms with Crippen molar-refractivity contribution in [2.24, 2.45) is 5.14 Å². The van der Waals surface area contributed by atoms with Gasteiger partial charge in [0.25, 0.3) is 0 Å². The molecule has 4 N–H and O–H groups in total. The third-order valence-electron chi connectivity index (χ3n) is 2.88. The van der Waals surface area contributed by atoms with Gasteiger partial charge in [-0.15, -0.1) is 0 Å². The van der Waals surface area contributed by atoms with Crippen LogP contribution in [0.1, 0.15) is 5.56 Å². The Bertz CT molecular complexity index is 824. The third kappa shape index (κ3) is 5.33. The number of rotatable bonds is 4. The standard InChI is InChI=1S/C14H13Cl2N3O2S2/c15-10-3-6-13(12(16)7-10)19-14(22)18-8-9-1-4-11(5-2-9)23(17,20)21/h1-7H,8H2,(H2,17,20,21)(H2,18,19,22). The monoisotopic (exact) mass is 389 g/mol. The zero-order chi connectivity index (χ0) is 17.0. The fourth-order valence-electron chi connectivity index (χ4n) is 1.74. The van der Waals surface area contributed by atoms with E-state index >= 15 is 0 Å². The van der Waals surface area contributed by atoms with Gasteiger partial charge >= 0.3 is 0 Å². The molecule has 0 fully saturated rings. The lowest BCUT2D eigenvalue weighted by molar-refractivity contribution is 0.597. The van der Waals surface area contributed by atoms with Gasteiger partial charge < -0.3 is 10.6 Å². The van der Waals surface area contributed by atoms with Crippen LogP contribution in [-0.4, -0.2) is 13.5 Å². The molecule has 0 aliphatic carbocycles. The highest BCUT2D eigenvalue weighted by atomic mass is 35.5. The first-order valence-corrected chi connectivity index (χ1v) is 9.08. The molecule has 0 spiro atoms. The fourth-order valence-corrected chi connectivity index (χ4v) is 2.89. The first-order valence-electron chi connectivity index (χ1n) is 6.37. The summed E-state index contributed by atoms with van der Waals surface area (Å²) in [4.78, 5) is 0.0647. The van der Waals surface area contributed by atoms with Crippen LogP contribution < -0.4 is 15.8 Å². The molecule has 9 heteroatoms. The summed E-state index contributed by atoms with van der Waals surface area (Å²) < 4.78 is 22.4. The normalized spacial score (nSPS) is 11.1. The Morgan fingerprint density at radius 1 is 1.13 bits per heavy atom. The highest BCUT2D eigenvalue weighted by molar-refractivity contribution is 7.89. The number of benzene rings is 2. The third-order valence-corrected chi connectivity index (χ3v) is 4.61. The van der Waals surface area contributed by atoms with Crippen LogP contribution in [-0.2, 0) is 16.6 Å². The molecule has 0 radical (unpaired) electrons. The van der Waals surface area contributed by atoms with Crippen molar-refractivity contribution in [3.05, 3.63) is 58.1 Å². The van der Waals surface area contributed by atoms with Crippen LogP contribution in [0.3, 0.4) is 0 Å². The maximum atomic E-state index is 11.2. The number of nitrogens with one attached hydrogen (secondary N) is 2. The molecule has 0 aliphatic rings. The molecule has 0 amide bonds.